The van der Waals surface area contributed by atoms with E-state index >= 15 is 0 Å². The molecule has 1 fully saturated rings. The summed E-state index contributed by atoms with van der Waals surface area (Å²) in [5.41, 5.74) is 0.373. The fourth-order valence-corrected chi connectivity index (χ4v) is 7.47. The van der Waals surface area contributed by atoms with Crippen molar-refractivity contribution in [2.45, 2.75) is 95.3 Å². The second-order valence-corrected chi connectivity index (χ2v) is 15.2. The van der Waals surface area contributed by atoms with Gasteiger partial charge < -0.3 is 24.4 Å². The van der Waals surface area contributed by atoms with E-state index in [0.717, 1.165) is 44.9 Å². The van der Waals surface area contributed by atoms with Gasteiger partial charge in [-0.15, -0.1) is 0 Å². The molecule has 1 aliphatic heterocycles. The number of likely N-dealkylation sites (N-methyl/N-ethyl adjacent to an activating group) is 1. The molecule has 12 heteroatoms. The molecule has 4 rings (SSSR count). The largest absolute Gasteiger partial charge is 0.490 e. The van der Waals surface area contributed by atoms with E-state index in [1.807, 2.05) is 20.9 Å². The van der Waals surface area contributed by atoms with Crippen LogP contribution in [-0.2, 0) is 19.6 Å². The molecule has 1 saturated carbocycles. The highest BCUT2D eigenvalue weighted by Crippen LogP contribution is 2.30. The fourth-order valence-electron chi connectivity index (χ4n) is 6.30. The molecule has 10 nitrogen and oxygen atoms in total. The van der Waals surface area contributed by atoms with Gasteiger partial charge in [0.1, 0.15) is 5.75 Å². The molecule has 0 unspecified atom stereocenters. The first-order valence-electron chi connectivity index (χ1n) is 16.8. The van der Waals surface area contributed by atoms with E-state index in [1.165, 1.54) is 36.8 Å². The molecule has 1 aliphatic carbocycles. The number of anilines is 1. The third-order valence-electron chi connectivity index (χ3n) is 9.21. The van der Waals surface area contributed by atoms with Crippen LogP contribution in [0, 0.1) is 11.8 Å². The summed E-state index contributed by atoms with van der Waals surface area (Å²) >= 11 is 5.95. The monoisotopic (exact) mass is 691 g/mol. The molecule has 0 saturated heterocycles. The van der Waals surface area contributed by atoms with Gasteiger partial charge in [-0.3, -0.25) is 14.3 Å². The van der Waals surface area contributed by atoms with Gasteiger partial charge in [0.2, 0.25) is 5.91 Å². The maximum absolute atomic E-state index is 14.4. The summed E-state index contributed by atoms with van der Waals surface area (Å²) in [5.74, 6) is -0.0743. The van der Waals surface area contributed by atoms with Crippen molar-refractivity contribution in [2.75, 3.05) is 38.1 Å². The Morgan fingerprint density at radius 2 is 1.74 bits per heavy atom. The summed E-state index contributed by atoms with van der Waals surface area (Å²) in [6.07, 6.45) is 6.97. The molecule has 2 amide bonds. The fraction of sp³-hybridized carbons (Fsp3) is 0.600. The van der Waals surface area contributed by atoms with Crippen LogP contribution in [0.3, 0.4) is 0 Å². The Hall–Kier alpha value is -2.86. The van der Waals surface area contributed by atoms with Crippen LogP contribution in [0.15, 0.2) is 47.4 Å². The van der Waals surface area contributed by atoms with Gasteiger partial charge in [-0.25, -0.2) is 8.42 Å². The molecule has 0 spiro atoms. The van der Waals surface area contributed by atoms with Crippen molar-refractivity contribution in [1.29, 1.82) is 0 Å². The molecule has 0 radical (unpaired) electrons. The molecular formula is C35H50ClN3O7S. The number of aliphatic hydroxyl groups excluding tert-OH is 1. The molecule has 1 heterocycles. The zero-order chi connectivity index (χ0) is 34.1. The lowest BCUT2D eigenvalue weighted by Gasteiger charge is -2.36. The highest BCUT2D eigenvalue weighted by atomic mass is 35.5. The molecule has 0 bridgehead atoms. The number of hydrogen-bond acceptors (Lipinski definition) is 7. The number of rotatable bonds is 8. The van der Waals surface area contributed by atoms with Crippen LogP contribution >= 0.6 is 11.6 Å². The van der Waals surface area contributed by atoms with Crippen LogP contribution in [0.4, 0.5) is 5.69 Å². The van der Waals surface area contributed by atoms with E-state index in [0.29, 0.717) is 23.9 Å². The molecule has 0 aromatic heterocycles. The minimum atomic E-state index is -3.97. The molecule has 47 heavy (non-hydrogen) atoms. The molecular weight excluding hydrogens is 642 g/mol. The predicted molar refractivity (Wildman–Crippen MR) is 183 cm³/mol. The first-order valence-corrected chi connectivity index (χ1v) is 18.6. The molecule has 2 N–H and O–H groups in total. The number of fused-ring (bicyclic) bond motifs is 1. The van der Waals surface area contributed by atoms with E-state index in [-0.39, 0.29) is 59.2 Å². The third-order valence-corrected chi connectivity index (χ3v) is 10.9. The Bertz CT molecular complexity index is 1450. The Labute approximate surface area is 284 Å². The smallest absolute Gasteiger partial charge is 0.261 e. The van der Waals surface area contributed by atoms with Gasteiger partial charge in [0, 0.05) is 49.3 Å². The van der Waals surface area contributed by atoms with Crippen LogP contribution in [0.5, 0.6) is 5.75 Å². The molecule has 2 aromatic carbocycles. The van der Waals surface area contributed by atoms with Crippen LogP contribution in [0.2, 0.25) is 5.02 Å². The number of sulfonamides is 1. The lowest BCUT2D eigenvalue weighted by molar-refractivity contribution is -0.137. The van der Waals surface area contributed by atoms with Gasteiger partial charge >= 0.3 is 0 Å². The van der Waals surface area contributed by atoms with Crippen molar-refractivity contribution in [3.63, 3.8) is 0 Å². The van der Waals surface area contributed by atoms with E-state index in [4.69, 9.17) is 21.1 Å². The van der Waals surface area contributed by atoms with E-state index in [1.54, 1.807) is 28.9 Å². The number of benzene rings is 2. The van der Waals surface area contributed by atoms with Crippen molar-refractivity contribution in [1.82, 2.24) is 9.80 Å². The van der Waals surface area contributed by atoms with Gasteiger partial charge in [0.25, 0.3) is 15.9 Å². The minimum absolute atomic E-state index is 0.0283. The maximum atomic E-state index is 14.4. The van der Waals surface area contributed by atoms with Gasteiger partial charge in [0.05, 0.1) is 35.3 Å². The standard InChI is InChI=1S/C35H50ClN3O7S/c1-24-21-39(25(2)23-40)35(42)31-20-29(37-47(43,44)30-16-13-28(36)14-17-30)15-18-32(31)46-26(3)10-8-9-19-45-33(24)22-38(4)34(41)27-11-6-5-7-12-27/h13-18,20,24-27,33,37,40H,5-12,19,21-23H2,1-4H3/t24-,25-,26-,33+/m1/s1. The maximum Gasteiger partial charge on any atom is 0.261 e. The molecule has 2 aliphatic rings. The first kappa shape index (κ1) is 37.0. The number of hydrogen-bond donors (Lipinski definition) is 2. The normalized spacial score (nSPS) is 22.8. The zero-order valence-electron chi connectivity index (χ0n) is 28.0. The Balaban J connectivity index is 1.64. The van der Waals surface area contributed by atoms with Gasteiger partial charge in [-0.05, 0) is 88.4 Å². The summed E-state index contributed by atoms with van der Waals surface area (Å²) < 4.78 is 41.6. The number of nitrogens with zero attached hydrogens (tertiary/aromatic N) is 2. The molecule has 260 valence electrons. The van der Waals surface area contributed by atoms with Crippen LogP contribution in [0.25, 0.3) is 0 Å². The number of amides is 2. The highest BCUT2D eigenvalue weighted by Gasteiger charge is 2.32. The number of carbonyl (C=O) groups excluding carboxylic acids is 2. The Morgan fingerprint density at radius 3 is 2.43 bits per heavy atom. The van der Waals surface area contributed by atoms with E-state index in [9.17, 15) is 23.1 Å². The van der Waals surface area contributed by atoms with E-state index in [2.05, 4.69) is 4.72 Å². The van der Waals surface area contributed by atoms with Crippen LogP contribution in [0.1, 0.15) is 82.5 Å². The average Bonchev–Trinajstić information content (AvgIpc) is 3.06. The Kier molecular flexibility index (Phi) is 13.4. The number of ether oxygens (including phenoxy) is 2. The van der Waals surface area contributed by atoms with Crippen molar-refractivity contribution < 1.29 is 32.6 Å². The van der Waals surface area contributed by atoms with Gasteiger partial charge in [-0.1, -0.05) is 37.8 Å². The number of carbonyl (C=O) groups is 2. The third kappa shape index (κ3) is 10.1. The van der Waals surface area contributed by atoms with Crippen LogP contribution in [-0.4, -0.2) is 86.7 Å². The van der Waals surface area contributed by atoms with Crippen LogP contribution < -0.4 is 9.46 Å². The lowest BCUT2D eigenvalue weighted by Crippen LogP contribution is -2.48. The van der Waals surface area contributed by atoms with Gasteiger partial charge in [-0.2, -0.15) is 0 Å². The number of nitrogens with one attached hydrogen (secondary N) is 1. The quantitative estimate of drug-likeness (QED) is 0.349. The zero-order valence-corrected chi connectivity index (χ0v) is 29.6. The summed E-state index contributed by atoms with van der Waals surface area (Å²) in [6, 6.07) is 9.91. The molecule has 4 atom stereocenters. The van der Waals surface area contributed by atoms with Crippen molar-refractivity contribution in [2.24, 2.45) is 11.8 Å². The lowest BCUT2D eigenvalue weighted by atomic mass is 9.88. The summed E-state index contributed by atoms with van der Waals surface area (Å²) in [4.78, 5) is 31.1. The summed E-state index contributed by atoms with van der Waals surface area (Å²) in [7, 11) is -2.14. The van der Waals surface area contributed by atoms with Crippen molar-refractivity contribution in [3.8, 4) is 5.75 Å². The molecule has 2 aromatic rings. The topological polar surface area (TPSA) is 125 Å². The Morgan fingerprint density at radius 1 is 1.06 bits per heavy atom. The second kappa shape index (κ2) is 17.0. The number of aliphatic hydroxyl groups is 1. The van der Waals surface area contributed by atoms with Crippen molar-refractivity contribution in [3.05, 3.63) is 53.1 Å². The summed E-state index contributed by atoms with van der Waals surface area (Å²) in [6.45, 7) is 6.58. The SMILES string of the molecule is C[C@@H]1CCCCO[C@@H](CN(C)C(=O)C2CCCCC2)[C@H](C)CN([C@H](C)CO)C(=O)c2cc(NS(=O)(=O)c3ccc(Cl)cc3)ccc2O1. The highest BCUT2D eigenvalue weighted by molar-refractivity contribution is 7.92. The minimum Gasteiger partial charge on any atom is -0.490 e. The first-order chi connectivity index (χ1) is 22.4. The summed E-state index contributed by atoms with van der Waals surface area (Å²) in [5, 5.41) is 10.6. The van der Waals surface area contributed by atoms with E-state index < -0.39 is 22.0 Å². The number of halogens is 1. The second-order valence-electron chi connectivity index (χ2n) is 13.1. The van der Waals surface area contributed by atoms with Crippen molar-refractivity contribution >= 4 is 39.1 Å². The predicted octanol–water partition coefficient (Wildman–Crippen LogP) is 5.98. The van der Waals surface area contributed by atoms with Gasteiger partial charge in [0.15, 0.2) is 0 Å². The average molecular weight is 692 g/mol.